The van der Waals surface area contributed by atoms with Gasteiger partial charge in [-0.1, -0.05) is 6.92 Å². The van der Waals surface area contributed by atoms with E-state index in [1.807, 2.05) is 6.92 Å². The fraction of sp³-hybridized carbons (Fsp3) is 0.143. The number of nitrogens with zero attached hydrogens (tertiary/aromatic N) is 1. The van der Waals surface area contributed by atoms with Gasteiger partial charge >= 0.3 is 0 Å². The van der Waals surface area contributed by atoms with Crippen molar-refractivity contribution >= 4 is 10.0 Å². The fourth-order valence-corrected chi connectivity index (χ4v) is 1.19. The van der Waals surface area contributed by atoms with Crippen molar-refractivity contribution in [2.24, 2.45) is 5.14 Å². The molecule has 1 radical (unpaired) electrons. The van der Waals surface area contributed by atoms with Gasteiger partial charge in [-0.25, -0.2) is 13.6 Å². The second kappa shape index (κ2) is 3.20. The Bertz CT molecular complexity index is 355. The Hall–Kier alpha value is -0.940. The average Bonchev–Trinajstić information content (AvgIpc) is 2.03. The number of hydrogen-bond acceptors (Lipinski definition) is 3. The first-order valence-corrected chi connectivity index (χ1v) is 4.87. The smallest absolute Gasteiger partial charge is 0.239 e. The van der Waals surface area contributed by atoms with Crippen molar-refractivity contribution in [3.05, 3.63) is 30.4 Å². The lowest BCUT2D eigenvalue weighted by molar-refractivity contribution is 0.597. The zero-order chi connectivity index (χ0) is 9.19. The molecule has 12 heavy (non-hydrogen) atoms. The molecule has 2 N–H and O–H groups in total. The summed E-state index contributed by atoms with van der Waals surface area (Å²) >= 11 is 0. The highest BCUT2D eigenvalue weighted by Gasteiger charge is 2.06. The minimum Gasteiger partial charge on any atom is -0.260 e. The summed E-state index contributed by atoms with van der Waals surface area (Å²) in [7, 11) is -3.60. The van der Waals surface area contributed by atoms with Gasteiger partial charge in [0.2, 0.25) is 10.0 Å². The molecule has 0 saturated heterocycles. The van der Waals surface area contributed by atoms with Crippen molar-refractivity contribution in [1.29, 1.82) is 0 Å². The molecule has 4 nitrogen and oxygen atoms in total. The van der Waals surface area contributed by atoms with Crippen LogP contribution in [0.2, 0.25) is 0 Å². The number of primary sulfonamides is 1. The van der Waals surface area contributed by atoms with Crippen LogP contribution in [0.5, 0.6) is 0 Å². The van der Waals surface area contributed by atoms with Gasteiger partial charge in [-0.2, -0.15) is 0 Å². The van der Waals surface area contributed by atoms with Gasteiger partial charge in [0, 0.05) is 18.3 Å². The minimum absolute atomic E-state index is 0.0353. The van der Waals surface area contributed by atoms with Gasteiger partial charge in [0.15, 0.2) is 0 Å². The van der Waals surface area contributed by atoms with E-state index in [2.05, 4.69) is 4.98 Å². The standard InChI is InChI=1S/C7H9N2O2S/c1-2-6-3-4-7(5-9-6)12(8,10)11/h2-5H,1H3,(H2,8,10,11). The summed E-state index contributed by atoms with van der Waals surface area (Å²) in [5.74, 6) is 0. The van der Waals surface area contributed by atoms with Crippen LogP contribution in [-0.4, -0.2) is 13.4 Å². The molecule has 0 aliphatic carbocycles. The van der Waals surface area contributed by atoms with E-state index in [0.29, 0.717) is 0 Å². The zero-order valence-corrected chi connectivity index (χ0v) is 7.38. The second-order valence-corrected chi connectivity index (χ2v) is 3.81. The topological polar surface area (TPSA) is 73.1 Å². The van der Waals surface area contributed by atoms with E-state index in [0.717, 1.165) is 5.69 Å². The van der Waals surface area contributed by atoms with Gasteiger partial charge in [0.1, 0.15) is 4.90 Å². The van der Waals surface area contributed by atoms with Gasteiger partial charge in [-0.3, -0.25) is 4.98 Å². The van der Waals surface area contributed by atoms with Crippen LogP contribution in [0.25, 0.3) is 0 Å². The molecule has 0 aromatic carbocycles. The Morgan fingerprint density at radius 1 is 1.50 bits per heavy atom. The molecular formula is C7H9N2O2S. The molecule has 0 aliphatic heterocycles. The zero-order valence-electron chi connectivity index (χ0n) is 6.56. The molecule has 0 fully saturated rings. The van der Waals surface area contributed by atoms with E-state index in [1.54, 1.807) is 12.5 Å². The van der Waals surface area contributed by atoms with Crippen LogP contribution >= 0.6 is 0 Å². The van der Waals surface area contributed by atoms with Crippen molar-refractivity contribution < 1.29 is 8.42 Å². The first kappa shape index (κ1) is 9.15. The predicted molar refractivity (Wildman–Crippen MR) is 44.7 cm³/mol. The van der Waals surface area contributed by atoms with E-state index in [9.17, 15) is 8.42 Å². The van der Waals surface area contributed by atoms with E-state index in [-0.39, 0.29) is 4.90 Å². The largest absolute Gasteiger partial charge is 0.260 e. The number of sulfonamides is 1. The Kier molecular flexibility index (Phi) is 2.44. The molecule has 1 rings (SSSR count). The summed E-state index contributed by atoms with van der Waals surface area (Å²) in [4.78, 5) is 3.88. The van der Waals surface area contributed by atoms with Crippen molar-refractivity contribution in [2.75, 3.05) is 0 Å². The van der Waals surface area contributed by atoms with E-state index >= 15 is 0 Å². The molecule has 0 amide bonds. The molecule has 1 heterocycles. The highest BCUT2D eigenvalue weighted by Crippen LogP contribution is 2.05. The first-order chi connectivity index (χ1) is 5.54. The normalized spacial score (nSPS) is 11.5. The summed E-state index contributed by atoms with van der Waals surface area (Å²) in [6.07, 6.45) is 3.01. The van der Waals surface area contributed by atoms with E-state index in [4.69, 9.17) is 5.14 Å². The Labute approximate surface area is 71.5 Å². The molecule has 5 heteroatoms. The lowest BCUT2D eigenvalue weighted by atomic mass is 10.3. The van der Waals surface area contributed by atoms with Crippen LogP contribution < -0.4 is 5.14 Å². The van der Waals surface area contributed by atoms with Crippen molar-refractivity contribution in [3.8, 4) is 0 Å². The molecule has 0 atom stereocenters. The van der Waals surface area contributed by atoms with Crippen molar-refractivity contribution in [3.63, 3.8) is 0 Å². The molecule has 0 spiro atoms. The van der Waals surface area contributed by atoms with E-state index < -0.39 is 10.0 Å². The van der Waals surface area contributed by atoms with Crippen LogP contribution in [-0.2, 0) is 10.0 Å². The molecular weight excluding hydrogens is 176 g/mol. The molecule has 65 valence electrons. The monoisotopic (exact) mass is 185 g/mol. The first-order valence-electron chi connectivity index (χ1n) is 3.32. The lowest BCUT2D eigenvalue weighted by Crippen LogP contribution is -2.12. The Morgan fingerprint density at radius 2 is 2.17 bits per heavy atom. The lowest BCUT2D eigenvalue weighted by Gasteiger charge is -1.97. The highest BCUT2D eigenvalue weighted by atomic mass is 32.2. The summed E-state index contributed by atoms with van der Waals surface area (Å²) in [5.41, 5.74) is 0.724. The maximum atomic E-state index is 10.8. The van der Waals surface area contributed by atoms with E-state index in [1.165, 1.54) is 12.3 Å². The fourth-order valence-electron chi connectivity index (χ4n) is 0.731. The molecule has 0 bridgehead atoms. The van der Waals surface area contributed by atoms with Crippen LogP contribution in [0.15, 0.2) is 23.2 Å². The summed E-state index contributed by atoms with van der Waals surface area (Å²) in [6.45, 7) is 1.82. The van der Waals surface area contributed by atoms with Gasteiger partial charge in [-0.05, 0) is 12.1 Å². The van der Waals surface area contributed by atoms with Gasteiger partial charge in [0.25, 0.3) is 0 Å². The Balaban J connectivity index is 3.09. The average molecular weight is 185 g/mol. The van der Waals surface area contributed by atoms with Crippen LogP contribution in [0.3, 0.4) is 0 Å². The molecule has 0 unspecified atom stereocenters. The van der Waals surface area contributed by atoms with Gasteiger partial charge in [0.05, 0.1) is 0 Å². The third kappa shape index (κ3) is 2.02. The van der Waals surface area contributed by atoms with Crippen molar-refractivity contribution in [1.82, 2.24) is 4.98 Å². The molecule has 0 saturated carbocycles. The number of nitrogens with two attached hydrogens (primary N) is 1. The van der Waals surface area contributed by atoms with Crippen LogP contribution in [0.1, 0.15) is 12.6 Å². The van der Waals surface area contributed by atoms with Crippen molar-refractivity contribution in [2.45, 2.75) is 11.8 Å². The van der Waals surface area contributed by atoms with Gasteiger partial charge in [-0.15, -0.1) is 0 Å². The molecule has 1 aromatic heterocycles. The highest BCUT2D eigenvalue weighted by molar-refractivity contribution is 7.89. The van der Waals surface area contributed by atoms with Crippen LogP contribution in [0.4, 0.5) is 0 Å². The summed E-state index contributed by atoms with van der Waals surface area (Å²) in [5, 5.41) is 4.87. The maximum Gasteiger partial charge on any atom is 0.239 e. The third-order valence-electron chi connectivity index (χ3n) is 1.38. The summed E-state index contributed by atoms with van der Waals surface area (Å²) in [6, 6.07) is 3.03. The van der Waals surface area contributed by atoms with Gasteiger partial charge < -0.3 is 0 Å². The third-order valence-corrected chi connectivity index (χ3v) is 2.28. The second-order valence-electron chi connectivity index (χ2n) is 2.25. The number of pyridine rings is 1. The maximum absolute atomic E-state index is 10.8. The quantitative estimate of drug-likeness (QED) is 0.720. The number of aromatic nitrogens is 1. The summed E-state index contributed by atoms with van der Waals surface area (Å²) < 4.78 is 21.5. The molecule has 1 aromatic rings. The minimum atomic E-state index is -3.60. The van der Waals surface area contributed by atoms with Crippen LogP contribution in [0, 0.1) is 6.42 Å². The SMILES string of the molecule is C[CH]c1ccc(S(N)(=O)=O)cn1. The molecule has 0 aliphatic rings. The number of rotatable bonds is 2. The Morgan fingerprint density at radius 3 is 2.50 bits per heavy atom. The predicted octanol–water partition coefficient (Wildman–Crippen LogP) is 0.301. The number of hydrogen-bond donors (Lipinski definition) is 1.